The number of aromatic nitrogens is 3. The zero-order valence-corrected chi connectivity index (χ0v) is 10.7. The molecule has 0 aromatic carbocycles. The molecule has 5 heteroatoms. The fourth-order valence-electron chi connectivity index (χ4n) is 2.31. The summed E-state index contributed by atoms with van der Waals surface area (Å²) in [6, 6.07) is 4.01. The van der Waals surface area contributed by atoms with Crippen LogP contribution in [-0.4, -0.2) is 28.2 Å². The van der Waals surface area contributed by atoms with Crippen molar-refractivity contribution >= 4 is 17.3 Å². The average Bonchev–Trinajstić information content (AvgIpc) is 2.64. The predicted molar refractivity (Wildman–Crippen MR) is 71.0 cm³/mol. The van der Waals surface area contributed by atoms with E-state index in [9.17, 15) is 0 Å². The fraction of sp³-hybridized carbons (Fsp3) is 0.308. The van der Waals surface area contributed by atoms with Crippen LogP contribution in [-0.2, 0) is 0 Å². The van der Waals surface area contributed by atoms with Crippen molar-refractivity contribution in [2.75, 3.05) is 16.8 Å². The lowest BCUT2D eigenvalue weighted by atomic mass is 10.2. The molecule has 18 heavy (non-hydrogen) atoms. The molecular formula is C13H15N5. The second-order valence-corrected chi connectivity index (χ2v) is 4.42. The lowest BCUT2D eigenvalue weighted by molar-refractivity contribution is 0.724. The van der Waals surface area contributed by atoms with Crippen molar-refractivity contribution in [2.24, 2.45) is 0 Å². The summed E-state index contributed by atoms with van der Waals surface area (Å²) in [6.07, 6.45) is 5.44. The van der Waals surface area contributed by atoms with E-state index in [4.69, 9.17) is 0 Å². The summed E-state index contributed by atoms with van der Waals surface area (Å²) < 4.78 is 0. The first kappa shape index (κ1) is 11.0. The maximum Gasteiger partial charge on any atom is 0.178 e. The molecule has 2 aromatic heterocycles. The SMILES string of the molecule is Cc1ncccc1N1c2nccnc2N(C)C1C. The number of nitrogens with zero attached hydrogens (tertiary/aromatic N) is 5. The lowest BCUT2D eigenvalue weighted by Gasteiger charge is -2.27. The van der Waals surface area contributed by atoms with E-state index < -0.39 is 0 Å². The van der Waals surface area contributed by atoms with E-state index in [-0.39, 0.29) is 6.17 Å². The second-order valence-electron chi connectivity index (χ2n) is 4.42. The minimum absolute atomic E-state index is 0.185. The molecule has 5 nitrogen and oxygen atoms in total. The highest BCUT2D eigenvalue weighted by molar-refractivity contribution is 5.78. The van der Waals surface area contributed by atoms with Crippen LogP contribution in [0, 0.1) is 6.92 Å². The molecule has 0 spiro atoms. The monoisotopic (exact) mass is 241 g/mol. The van der Waals surface area contributed by atoms with Crippen LogP contribution in [0.2, 0.25) is 0 Å². The van der Waals surface area contributed by atoms with E-state index in [1.165, 1.54) is 0 Å². The highest BCUT2D eigenvalue weighted by Crippen LogP contribution is 2.40. The summed E-state index contributed by atoms with van der Waals surface area (Å²) in [5, 5.41) is 0. The molecule has 0 fully saturated rings. The number of hydrogen-bond acceptors (Lipinski definition) is 5. The van der Waals surface area contributed by atoms with Crippen LogP contribution in [0.4, 0.5) is 17.3 Å². The van der Waals surface area contributed by atoms with Crippen LogP contribution < -0.4 is 9.80 Å². The van der Waals surface area contributed by atoms with Crippen molar-refractivity contribution in [3.63, 3.8) is 0 Å². The Bertz CT molecular complexity index is 583. The van der Waals surface area contributed by atoms with Gasteiger partial charge >= 0.3 is 0 Å². The number of hydrogen-bond donors (Lipinski definition) is 0. The summed E-state index contributed by atoms with van der Waals surface area (Å²) in [5.41, 5.74) is 2.08. The highest BCUT2D eigenvalue weighted by atomic mass is 15.5. The molecule has 0 aliphatic carbocycles. The molecule has 1 atom stereocenters. The topological polar surface area (TPSA) is 45.2 Å². The van der Waals surface area contributed by atoms with Crippen molar-refractivity contribution in [2.45, 2.75) is 20.0 Å². The van der Waals surface area contributed by atoms with Crippen molar-refractivity contribution < 1.29 is 0 Å². The van der Waals surface area contributed by atoms with E-state index in [0.717, 1.165) is 23.0 Å². The number of aryl methyl sites for hydroxylation is 1. The number of rotatable bonds is 1. The summed E-state index contributed by atoms with van der Waals surface area (Å²) in [4.78, 5) is 17.5. The van der Waals surface area contributed by atoms with Gasteiger partial charge in [-0.1, -0.05) is 0 Å². The van der Waals surface area contributed by atoms with E-state index >= 15 is 0 Å². The molecule has 0 saturated heterocycles. The third kappa shape index (κ3) is 1.44. The highest BCUT2D eigenvalue weighted by Gasteiger charge is 2.34. The molecule has 2 aromatic rings. The maximum atomic E-state index is 4.45. The number of anilines is 3. The van der Waals surface area contributed by atoms with Gasteiger partial charge in [-0.3, -0.25) is 4.98 Å². The number of fused-ring (bicyclic) bond motifs is 1. The Morgan fingerprint density at radius 3 is 2.50 bits per heavy atom. The molecule has 1 aliphatic rings. The van der Waals surface area contributed by atoms with Gasteiger partial charge in [0.15, 0.2) is 11.6 Å². The maximum absolute atomic E-state index is 4.45. The van der Waals surface area contributed by atoms with Gasteiger partial charge in [-0.2, -0.15) is 0 Å². The van der Waals surface area contributed by atoms with E-state index in [0.29, 0.717) is 0 Å². The van der Waals surface area contributed by atoms with Gasteiger partial charge in [-0.25, -0.2) is 9.97 Å². The van der Waals surface area contributed by atoms with Crippen molar-refractivity contribution in [1.29, 1.82) is 0 Å². The predicted octanol–water partition coefficient (Wildman–Crippen LogP) is 2.11. The van der Waals surface area contributed by atoms with Gasteiger partial charge in [0.2, 0.25) is 0 Å². The molecule has 1 unspecified atom stereocenters. The summed E-state index contributed by atoms with van der Waals surface area (Å²) in [6.45, 7) is 4.15. The molecule has 3 heterocycles. The van der Waals surface area contributed by atoms with Crippen molar-refractivity contribution in [3.8, 4) is 0 Å². The van der Waals surface area contributed by atoms with E-state index in [1.54, 1.807) is 18.6 Å². The van der Waals surface area contributed by atoms with E-state index in [1.807, 2.05) is 20.0 Å². The standard InChI is InChI=1S/C13H15N5/c1-9-11(5-4-6-14-9)18-10(2)17(3)12-13(18)16-8-7-15-12/h4-8,10H,1-3H3. The zero-order chi connectivity index (χ0) is 12.7. The fourth-order valence-corrected chi connectivity index (χ4v) is 2.31. The average molecular weight is 241 g/mol. The Labute approximate surface area is 106 Å². The summed E-state index contributed by atoms with van der Waals surface area (Å²) in [7, 11) is 2.03. The van der Waals surface area contributed by atoms with Crippen LogP contribution >= 0.6 is 0 Å². The Morgan fingerprint density at radius 1 is 1.06 bits per heavy atom. The quantitative estimate of drug-likeness (QED) is 0.765. The smallest absolute Gasteiger partial charge is 0.178 e. The zero-order valence-electron chi connectivity index (χ0n) is 10.7. The van der Waals surface area contributed by atoms with Crippen LogP contribution in [0.5, 0.6) is 0 Å². The Hall–Kier alpha value is -2.17. The van der Waals surface area contributed by atoms with Crippen LogP contribution in [0.15, 0.2) is 30.7 Å². The lowest BCUT2D eigenvalue weighted by Crippen LogP contribution is -2.36. The first-order chi connectivity index (χ1) is 8.70. The third-order valence-corrected chi connectivity index (χ3v) is 3.40. The minimum atomic E-state index is 0.185. The van der Waals surface area contributed by atoms with Gasteiger partial charge in [0, 0.05) is 25.6 Å². The molecule has 0 N–H and O–H groups in total. The van der Waals surface area contributed by atoms with Gasteiger partial charge < -0.3 is 9.80 Å². The Kier molecular flexibility index (Phi) is 2.40. The van der Waals surface area contributed by atoms with Gasteiger partial charge in [-0.05, 0) is 26.0 Å². The first-order valence-corrected chi connectivity index (χ1v) is 5.95. The van der Waals surface area contributed by atoms with Gasteiger partial charge in [0.1, 0.15) is 6.17 Å². The molecule has 0 bridgehead atoms. The molecule has 0 radical (unpaired) electrons. The minimum Gasteiger partial charge on any atom is -0.336 e. The Morgan fingerprint density at radius 2 is 1.78 bits per heavy atom. The van der Waals surface area contributed by atoms with Crippen molar-refractivity contribution in [3.05, 3.63) is 36.4 Å². The largest absolute Gasteiger partial charge is 0.336 e. The van der Waals surface area contributed by atoms with Gasteiger partial charge in [0.05, 0.1) is 11.4 Å². The summed E-state index contributed by atoms with van der Waals surface area (Å²) >= 11 is 0. The third-order valence-electron chi connectivity index (χ3n) is 3.40. The molecule has 0 amide bonds. The van der Waals surface area contributed by atoms with Crippen LogP contribution in [0.25, 0.3) is 0 Å². The second kappa shape index (κ2) is 3.94. The van der Waals surface area contributed by atoms with E-state index in [2.05, 4.69) is 37.7 Å². The van der Waals surface area contributed by atoms with Crippen LogP contribution in [0.3, 0.4) is 0 Å². The number of pyridine rings is 1. The van der Waals surface area contributed by atoms with Gasteiger partial charge in [0.25, 0.3) is 0 Å². The molecule has 3 rings (SSSR count). The Balaban J connectivity index is 2.16. The molecule has 0 saturated carbocycles. The normalized spacial score (nSPS) is 18.1. The summed E-state index contributed by atoms with van der Waals surface area (Å²) in [5.74, 6) is 1.80. The van der Waals surface area contributed by atoms with Crippen molar-refractivity contribution in [1.82, 2.24) is 15.0 Å². The molecule has 92 valence electrons. The first-order valence-electron chi connectivity index (χ1n) is 5.95. The van der Waals surface area contributed by atoms with Gasteiger partial charge in [-0.15, -0.1) is 0 Å². The molecule has 1 aliphatic heterocycles. The van der Waals surface area contributed by atoms with Crippen LogP contribution in [0.1, 0.15) is 12.6 Å². The molecular weight excluding hydrogens is 226 g/mol.